The first kappa shape index (κ1) is 20.7. The maximum atomic E-state index is 13.8. The summed E-state index contributed by atoms with van der Waals surface area (Å²) in [6.07, 6.45) is -1.71. The van der Waals surface area contributed by atoms with Gasteiger partial charge in [0.1, 0.15) is 35.5 Å². The van der Waals surface area contributed by atoms with Crippen molar-refractivity contribution in [3.63, 3.8) is 0 Å². The van der Waals surface area contributed by atoms with Crippen molar-refractivity contribution in [2.24, 2.45) is 0 Å². The average Bonchev–Trinajstić information content (AvgIpc) is 3.08. The quantitative estimate of drug-likeness (QED) is 0.538. The molecule has 3 N–H and O–H groups in total. The van der Waals surface area contributed by atoms with Gasteiger partial charge in [0.15, 0.2) is 5.65 Å². The standard InChI is InChI=1S/C19H18ClF2N3O5/c20-11-5-14-17(24-18(11)29-8-10-12(21)2-1-3-13(10)22)25-19(23-14)30-9-4-15(27)16(6-26)28-7-9/h1-3,5,9,15-16,26-27H,4,6-8H2,(H,23,24,25)/t9-,15+,16-/m1/s1. The van der Waals surface area contributed by atoms with Gasteiger partial charge < -0.3 is 29.4 Å². The highest BCUT2D eigenvalue weighted by atomic mass is 35.5. The molecule has 0 bridgehead atoms. The van der Waals surface area contributed by atoms with Gasteiger partial charge in [-0.3, -0.25) is 0 Å². The summed E-state index contributed by atoms with van der Waals surface area (Å²) < 4.78 is 43.9. The van der Waals surface area contributed by atoms with Crippen LogP contribution in [0.4, 0.5) is 8.78 Å². The van der Waals surface area contributed by atoms with Crippen LogP contribution in [-0.4, -0.2) is 56.7 Å². The molecule has 11 heteroatoms. The molecule has 160 valence electrons. The van der Waals surface area contributed by atoms with Crippen LogP contribution in [0, 0.1) is 11.6 Å². The highest BCUT2D eigenvalue weighted by molar-refractivity contribution is 6.32. The lowest BCUT2D eigenvalue weighted by molar-refractivity contribution is -0.131. The molecule has 3 atom stereocenters. The van der Waals surface area contributed by atoms with Gasteiger partial charge in [-0.05, 0) is 18.2 Å². The Morgan fingerprint density at radius 1 is 1.27 bits per heavy atom. The van der Waals surface area contributed by atoms with Gasteiger partial charge >= 0.3 is 0 Å². The van der Waals surface area contributed by atoms with Crippen LogP contribution in [0.25, 0.3) is 11.2 Å². The second-order valence-corrected chi connectivity index (χ2v) is 7.18. The number of H-pyrrole nitrogens is 1. The number of imidazole rings is 1. The van der Waals surface area contributed by atoms with E-state index in [1.54, 1.807) is 0 Å². The number of nitrogens with zero attached hydrogens (tertiary/aromatic N) is 2. The molecule has 0 radical (unpaired) electrons. The van der Waals surface area contributed by atoms with Gasteiger partial charge in [0, 0.05) is 6.42 Å². The number of ether oxygens (including phenoxy) is 3. The van der Waals surface area contributed by atoms with Crippen molar-refractivity contribution >= 4 is 22.8 Å². The van der Waals surface area contributed by atoms with E-state index >= 15 is 0 Å². The van der Waals surface area contributed by atoms with E-state index in [1.165, 1.54) is 12.1 Å². The van der Waals surface area contributed by atoms with Crippen LogP contribution in [0.15, 0.2) is 24.3 Å². The molecule has 8 nitrogen and oxygen atoms in total. The van der Waals surface area contributed by atoms with Crippen molar-refractivity contribution in [1.82, 2.24) is 15.0 Å². The Kier molecular flexibility index (Phi) is 6.00. The van der Waals surface area contributed by atoms with E-state index in [-0.39, 0.29) is 47.8 Å². The Morgan fingerprint density at radius 3 is 2.73 bits per heavy atom. The van der Waals surface area contributed by atoms with Crippen LogP contribution >= 0.6 is 11.6 Å². The van der Waals surface area contributed by atoms with Crippen LogP contribution in [0.3, 0.4) is 0 Å². The highest BCUT2D eigenvalue weighted by Crippen LogP contribution is 2.29. The summed E-state index contributed by atoms with van der Waals surface area (Å²) in [5, 5.41) is 19.2. The molecular weight excluding hydrogens is 424 g/mol. The predicted molar refractivity (Wildman–Crippen MR) is 101 cm³/mol. The van der Waals surface area contributed by atoms with Gasteiger partial charge in [-0.1, -0.05) is 17.7 Å². The Balaban J connectivity index is 1.47. The normalized spacial score (nSPS) is 21.7. The topological polar surface area (TPSA) is 110 Å². The number of nitrogens with one attached hydrogen (secondary N) is 1. The number of aromatic nitrogens is 3. The van der Waals surface area contributed by atoms with E-state index in [9.17, 15) is 13.9 Å². The largest absolute Gasteiger partial charge is 0.471 e. The van der Waals surface area contributed by atoms with Crippen molar-refractivity contribution < 1.29 is 33.2 Å². The first-order valence-electron chi connectivity index (χ1n) is 9.13. The van der Waals surface area contributed by atoms with E-state index in [0.29, 0.717) is 5.52 Å². The number of pyridine rings is 1. The van der Waals surface area contributed by atoms with Crippen LogP contribution < -0.4 is 9.47 Å². The molecule has 3 heterocycles. The lowest BCUT2D eigenvalue weighted by atomic mass is 10.0. The Morgan fingerprint density at radius 2 is 2.03 bits per heavy atom. The smallest absolute Gasteiger partial charge is 0.296 e. The number of hydrogen-bond acceptors (Lipinski definition) is 7. The molecule has 1 aliphatic rings. The lowest BCUT2D eigenvalue weighted by Crippen LogP contribution is -2.45. The molecule has 1 aromatic carbocycles. The molecule has 30 heavy (non-hydrogen) atoms. The molecule has 0 aliphatic carbocycles. The minimum atomic E-state index is -0.857. The fourth-order valence-corrected chi connectivity index (χ4v) is 3.30. The number of hydrogen-bond donors (Lipinski definition) is 3. The SMILES string of the molecule is OC[C@H]1OC[C@H](Oc2nc3nc(OCc4c(F)cccc4F)c(Cl)cc3[nH]2)C[C@@H]1O. The second-order valence-electron chi connectivity index (χ2n) is 6.77. The fourth-order valence-electron chi connectivity index (χ4n) is 3.09. The summed E-state index contributed by atoms with van der Waals surface area (Å²) >= 11 is 6.16. The number of rotatable bonds is 6. The number of benzene rings is 1. The zero-order valence-electron chi connectivity index (χ0n) is 15.5. The van der Waals surface area contributed by atoms with Crippen molar-refractivity contribution in [1.29, 1.82) is 0 Å². The van der Waals surface area contributed by atoms with Crippen LogP contribution in [0.2, 0.25) is 5.02 Å². The summed E-state index contributed by atoms with van der Waals surface area (Å²) in [6.45, 7) is -0.496. The third-order valence-electron chi connectivity index (χ3n) is 4.68. The molecule has 1 fully saturated rings. The number of fused-ring (bicyclic) bond motifs is 1. The van der Waals surface area contributed by atoms with Crippen molar-refractivity contribution in [3.05, 3.63) is 46.5 Å². The zero-order valence-corrected chi connectivity index (χ0v) is 16.3. The Labute approximate surface area is 174 Å². The Hall–Kier alpha value is -2.53. The Bertz CT molecular complexity index is 1030. The minimum absolute atomic E-state index is 0.0351. The van der Waals surface area contributed by atoms with Gasteiger partial charge in [-0.15, -0.1) is 0 Å². The number of aromatic amines is 1. The summed E-state index contributed by atoms with van der Waals surface area (Å²) in [6, 6.07) is 5.16. The zero-order chi connectivity index (χ0) is 21.3. The maximum absolute atomic E-state index is 13.8. The highest BCUT2D eigenvalue weighted by Gasteiger charge is 2.31. The lowest BCUT2D eigenvalue weighted by Gasteiger charge is -2.31. The van der Waals surface area contributed by atoms with E-state index in [2.05, 4.69) is 15.0 Å². The third kappa shape index (κ3) is 4.31. The van der Waals surface area contributed by atoms with Crippen molar-refractivity contribution in [2.45, 2.75) is 31.3 Å². The summed E-state index contributed by atoms with van der Waals surface area (Å²) in [5.41, 5.74) is 0.451. The average molecular weight is 442 g/mol. The van der Waals surface area contributed by atoms with Crippen LogP contribution in [0.5, 0.6) is 11.9 Å². The van der Waals surface area contributed by atoms with Crippen LogP contribution in [0.1, 0.15) is 12.0 Å². The number of halogens is 3. The molecule has 0 amide bonds. The van der Waals surface area contributed by atoms with Gasteiger partial charge in [-0.25, -0.2) is 8.78 Å². The van der Waals surface area contributed by atoms with E-state index < -0.39 is 36.6 Å². The summed E-state index contributed by atoms with van der Waals surface area (Å²) in [7, 11) is 0. The molecule has 0 saturated carbocycles. The van der Waals surface area contributed by atoms with E-state index in [0.717, 1.165) is 12.1 Å². The minimum Gasteiger partial charge on any atom is -0.471 e. The molecule has 1 saturated heterocycles. The first-order valence-corrected chi connectivity index (χ1v) is 9.51. The molecule has 1 aliphatic heterocycles. The van der Waals surface area contributed by atoms with Crippen molar-refractivity contribution in [3.8, 4) is 11.9 Å². The van der Waals surface area contributed by atoms with Gasteiger partial charge in [0.2, 0.25) is 5.88 Å². The number of aliphatic hydroxyl groups is 2. The molecule has 4 rings (SSSR count). The molecule has 3 aromatic rings. The predicted octanol–water partition coefficient (Wildman–Crippen LogP) is 2.36. The summed E-state index contributed by atoms with van der Waals surface area (Å²) in [4.78, 5) is 11.3. The van der Waals surface area contributed by atoms with E-state index in [4.69, 9.17) is 30.9 Å². The molecule has 0 spiro atoms. The molecule has 0 unspecified atom stereocenters. The second kappa shape index (κ2) is 8.68. The molecular formula is C19H18ClF2N3O5. The van der Waals surface area contributed by atoms with Crippen molar-refractivity contribution in [2.75, 3.05) is 13.2 Å². The number of aliphatic hydroxyl groups excluding tert-OH is 2. The molecule has 2 aromatic heterocycles. The monoisotopic (exact) mass is 441 g/mol. The third-order valence-corrected chi connectivity index (χ3v) is 4.95. The van der Waals surface area contributed by atoms with Gasteiger partial charge in [0.05, 0.1) is 30.4 Å². The van der Waals surface area contributed by atoms with E-state index in [1.807, 2.05) is 0 Å². The summed E-state index contributed by atoms with van der Waals surface area (Å²) in [5.74, 6) is -1.50. The fraction of sp³-hybridized carbons (Fsp3) is 0.368. The first-order chi connectivity index (χ1) is 14.4. The van der Waals surface area contributed by atoms with Crippen LogP contribution in [-0.2, 0) is 11.3 Å². The van der Waals surface area contributed by atoms with Gasteiger partial charge in [-0.2, -0.15) is 9.97 Å². The maximum Gasteiger partial charge on any atom is 0.296 e. The van der Waals surface area contributed by atoms with Gasteiger partial charge in [0.25, 0.3) is 6.01 Å².